The van der Waals surface area contributed by atoms with Crippen molar-refractivity contribution in [1.29, 1.82) is 0 Å². The highest BCUT2D eigenvalue weighted by atomic mass is 16.2. The highest BCUT2D eigenvalue weighted by Crippen LogP contribution is 2.16. The summed E-state index contributed by atoms with van der Waals surface area (Å²) in [6, 6.07) is 13.4. The molecule has 4 rings (SSSR count). The number of aryl methyl sites for hydroxylation is 1. The summed E-state index contributed by atoms with van der Waals surface area (Å²) < 4.78 is 5.01. The van der Waals surface area contributed by atoms with Gasteiger partial charge in [0, 0.05) is 13.2 Å². The molecule has 6 nitrogen and oxygen atoms in total. The highest BCUT2D eigenvalue weighted by molar-refractivity contribution is 5.80. The van der Waals surface area contributed by atoms with E-state index in [0.717, 1.165) is 16.7 Å². The molecule has 6 heteroatoms. The number of rotatable bonds is 2. The molecule has 104 valence electrons. The Morgan fingerprint density at radius 2 is 1.81 bits per heavy atom. The molecule has 3 aromatic heterocycles. The molecule has 0 fully saturated rings. The van der Waals surface area contributed by atoms with Gasteiger partial charge < -0.3 is 4.57 Å². The number of hydrogen-bond donors (Lipinski definition) is 0. The van der Waals surface area contributed by atoms with Crippen molar-refractivity contribution in [1.82, 2.24) is 23.7 Å². The van der Waals surface area contributed by atoms with E-state index in [2.05, 4.69) is 10.1 Å². The number of aromatic nitrogens is 5. The fourth-order valence-electron chi connectivity index (χ4n) is 2.62. The van der Waals surface area contributed by atoms with Crippen LogP contribution in [0.1, 0.15) is 5.69 Å². The van der Waals surface area contributed by atoms with E-state index in [4.69, 9.17) is 0 Å². The van der Waals surface area contributed by atoms with E-state index in [1.54, 1.807) is 10.6 Å². The standard InChI is InChI=1S/C15H13N5O/c1-18-12-7-2-3-8-13(12)20-14(18)17-19(15(20)21)10-11-6-4-5-9-16-11/h2-9H,10H2,1H3. The molecule has 1 aromatic carbocycles. The summed E-state index contributed by atoms with van der Waals surface area (Å²) in [7, 11) is 1.91. The number of pyridine rings is 1. The van der Waals surface area contributed by atoms with E-state index >= 15 is 0 Å². The third-order valence-corrected chi connectivity index (χ3v) is 3.64. The van der Waals surface area contributed by atoms with Crippen molar-refractivity contribution in [3.05, 3.63) is 64.8 Å². The molecule has 0 bridgehead atoms. The van der Waals surface area contributed by atoms with Crippen LogP contribution in [0, 0.1) is 0 Å². The Morgan fingerprint density at radius 3 is 2.57 bits per heavy atom. The molecular formula is C15H13N5O. The number of nitrogens with zero attached hydrogens (tertiary/aromatic N) is 5. The van der Waals surface area contributed by atoms with Crippen molar-refractivity contribution >= 4 is 16.8 Å². The number of hydrogen-bond acceptors (Lipinski definition) is 3. The summed E-state index contributed by atoms with van der Waals surface area (Å²) in [5.74, 6) is 0.636. The van der Waals surface area contributed by atoms with Crippen LogP contribution in [-0.2, 0) is 13.6 Å². The van der Waals surface area contributed by atoms with Crippen LogP contribution in [-0.4, -0.2) is 23.7 Å². The summed E-state index contributed by atoms with van der Waals surface area (Å²) >= 11 is 0. The van der Waals surface area contributed by atoms with Gasteiger partial charge in [-0.15, -0.1) is 5.10 Å². The lowest BCUT2D eigenvalue weighted by molar-refractivity contribution is 0.644. The minimum atomic E-state index is -0.146. The van der Waals surface area contributed by atoms with Gasteiger partial charge in [-0.1, -0.05) is 18.2 Å². The minimum Gasteiger partial charge on any atom is -0.311 e. The maximum absolute atomic E-state index is 12.6. The van der Waals surface area contributed by atoms with Crippen LogP contribution in [0.25, 0.3) is 16.8 Å². The van der Waals surface area contributed by atoms with Crippen LogP contribution >= 0.6 is 0 Å². The van der Waals surface area contributed by atoms with Gasteiger partial charge in [0.1, 0.15) is 0 Å². The predicted molar refractivity (Wildman–Crippen MR) is 79.3 cm³/mol. The lowest BCUT2D eigenvalue weighted by atomic mass is 10.3. The maximum Gasteiger partial charge on any atom is 0.352 e. The van der Waals surface area contributed by atoms with Crippen molar-refractivity contribution in [2.75, 3.05) is 0 Å². The quantitative estimate of drug-likeness (QED) is 0.558. The lowest BCUT2D eigenvalue weighted by Gasteiger charge is -1.99. The van der Waals surface area contributed by atoms with Crippen molar-refractivity contribution in [3.63, 3.8) is 0 Å². The Balaban J connectivity index is 1.95. The summed E-state index contributed by atoms with van der Waals surface area (Å²) in [5.41, 5.74) is 2.52. The summed E-state index contributed by atoms with van der Waals surface area (Å²) in [4.78, 5) is 16.8. The minimum absolute atomic E-state index is 0.146. The van der Waals surface area contributed by atoms with Crippen LogP contribution in [0.15, 0.2) is 53.5 Å². The summed E-state index contributed by atoms with van der Waals surface area (Å²) in [5, 5.41) is 4.43. The molecule has 0 N–H and O–H groups in total. The van der Waals surface area contributed by atoms with Crippen LogP contribution in [0.3, 0.4) is 0 Å². The zero-order chi connectivity index (χ0) is 14.4. The van der Waals surface area contributed by atoms with E-state index in [9.17, 15) is 4.79 Å². The smallest absolute Gasteiger partial charge is 0.311 e. The SMILES string of the molecule is Cn1c2ccccc2n2c(=O)n(Cc3ccccn3)nc12. The molecular weight excluding hydrogens is 266 g/mol. The van der Waals surface area contributed by atoms with Gasteiger partial charge in [-0.3, -0.25) is 4.98 Å². The molecule has 4 aromatic rings. The monoisotopic (exact) mass is 279 g/mol. The molecule has 21 heavy (non-hydrogen) atoms. The zero-order valence-electron chi connectivity index (χ0n) is 11.5. The normalized spacial score (nSPS) is 11.5. The van der Waals surface area contributed by atoms with Crippen LogP contribution in [0.4, 0.5) is 0 Å². The second kappa shape index (κ2) is 4.31. The number of imidazole rings is 1. The van der Waals surface area contributed by atoms with Gasteiger partial charge in [0.2, 0.25) is 5.78 Å². The molecule has 0 spiro atoms. The third-order valence-electron chi connectivity index (χ3n) is 3.64. The largest absolute Gasteiger partial charge is 0.352 e. The molecule has 0 atom stereocenters. The van der Waals surface area contributed by atoms with Gasteiger partial charge >= 0.3 is 5.69 Å². The van der Waals surface area contributed by atoms with Gasteiger partial charge in [0.15, 0.2) is 0 Å². The Kier molecular flexibility index (Phi) is 2.44. The molecule has 0 amide bonds. The average molecular weight is 279 g/mol. The topological polar surface area (TPSA) is 57.1 Å². The molecule has 0 saturated carbocycles. The number of fused-ring (bicyclic) bond motifs is 3. The Hall–Kier alpha value is -2.89. The first-order chi connectivity index (χ1) is 10.3. The first-order valence-electron chi connectivity index (χ1n) is 6.68. The molecule has 0 aliphatic rings. The van der Waals surface area contributed by atoms with E-state index in [1.807, 2.05) is 54.1 Å². The van der Waals surface area contributed by atoms with E-state index in [0.29, 0.717) is 12.3 Å². The molecule has 0 radical (unpaired) electrons. The molecule has 0 aliphatic heterocycles. The highest BCUT2D eigenvalue weighted by Gasteiger charge is 2.15. The van der Waals surface area contributed by atoms with Crippen molar-refractivity contribution in [3.8, 4) is 0 Å². The van der Waals surface area contributed by atoms with Crippen LogP contribution in [0.5, 0.6) is 0 Å². The first kappa shape index (κ1) is 11.9. The summed E-state index contributed by atoms with van der Waals surface area (Å²) in [6.45, 7) is 0.371. The second-order valence-corrected chi connectivity index (χ2v) is 4.94. The Morgan fingerprint density at radius 1 is 1.05 bits per heavy atom. The van der Waals surface area contributed by atoms with Crippen LogP contribution in [0.2, 0.25) is 0 Å². The molecule has 0 unspecified atom stereocenters. The molecule has 0 saturated heterocycles. The second-order valence-electron chi connectivity index (χ2n) is 4.94. The Bertz CT molecular complexity index is 993. The van der Waals surface area contributed by atoms with Gasteiger partial charge in [-0.2, -0.15) is 0 Å². The molecule has 3 heterocycles. The number of para-hydroxylation sites is 2. The molecule has 0 aliphatic carbocycles. The van der Waals surface area contributed by atoms with Crippen molar-refractivity contribution < 1.29 is 0 Å². The van der Waals surface area contributed by atoms with Gasteiger partial charge in [-0.05, 0) is 24.3 Å². The third kappa shape index (κ3) is 1.69. The predicted octanol–water partition coefficient (Wildman–Crippen LogP) is 1.43. The first-order valence-corrected chi connectivity index (χ1v) is 6.68. The lowest BCUT2D eigenvalue weighted by Crippen LogP contribution is -2.22. The van der Waals surface area contributed by atoms with Crippen molar-refractivity contribution in [2.45, 2.75) is 6.54 Å². The van der Waals surface area contributed by atoms with Gasteiger partial charge in [0.05, 0.1) is 23.3 Å². The van der Waals surface area contributed by atoms with Crippen LogP contribution < -0.4 is 5.69 Å². The fourth-order valence-corrected chi connectivity index (χ4v) is 2.62. The van der Waals surface area contributed by atoms with Gasteiger partial charge in [0.25, 0.3) is 0 Å². The van der Waals surface area contributed by atoms with E-state index in [1.165, 1.54) is 4.68 Å². The fraction of sp³-hybridized carbons (Fsp3) is 0.133. The average Bonchev–Trinajstić information content (AvgIpc) is 2.98. The number of benzene rings is 1. The van der Waals surface area contributed by atoms with E-state index in [-0.39, 0.29) is 5.69 Å². The van der Waals surface area contributed by atoms with E-state index < -0.39 is 0 Å². The van der Waals surface area contributed by atoms with Crippen molar-refractivity contribution in [2.24, 2.45) is 7.05 Å². The zero-order valence-corrected chi connectivity index (χ0v) is 11.5. The van der Waals surface area contributed by atoms with Gasteiger partial charge in [-0.25, -0.2) is 13.9 Å². The summed E-state index contributed by atoms with van der Waals surface area (Å²) in [6.07, 6.45) is 1.71. The maximum atomic E-state index is 12.6. The Labute approximate surface area is 119 Å².